The molecule has 0 radical (unpaired) electrons. The highest BCUT2D eigenvalue weighted by atomic mass is 16.1. The van der Waals surface area contributed by atoms with Gasteiger partial charge in [0.25, 0.3) is 5.91 Å². The number of nitrogens with one attached hydrogen (secondary N) is 1. The summed E-state index contributed by atoms with van der Waals surface area (Å²) in [6.45, 7) is 6.15. The number of nitrogens with zero attached hydrogens (tertiary/aromatic N) is 6. The van der Waals surface area contributed by atoms with E-state index in [9.17, 15) is 4.79 Å². The van der Waals surface area contributed by atoms with Crippen LogP contribution in [0.25, 0.3) is 17.2 Å². The number of carbonyl (C=O) groups excluding carboxylic acids is 1. The van der Waals surface area contributed by atoms with Crippen LogP contribution in [0.1, 0.15) is 60.3 Å². The normalized spacial score (nSPS) is 13.5. The number of aromatic nitrogens is 6. The van der Waals surface area contributed by atoms with Gasteiger partial charge in [-0.25, -0.2) is 9.97 Å². The average molecular weight is 428 g/mol. The predicted octanol–water partition coefficient (Wildman–Crippen LogP) is 4.54. The van der Waals surface area contributed by atoms with Gasteiger partial charge in [0.2, 0.25) is 0 Å². The molecule has 1 N–H and O–H groups in total. The Kier molecular flexibility index (Phi) is 5.05. The third kappa shape index (κ3) is 3.91. The summed E-state index contributed by atoms with van der Waals surface area (Å²) in [4.78, 5) is 22.1. The number of carbonyl (C=O) groups is 1. The smallest absolute Gasteiger partial charge is 0.256 e. The molecule has 1 aliphatic carbocycles. The van der Waals surface area contributed by atoms with Crippen LogP contribution in [0, 0.1) is 6.92 Å². The number of benzene rings is 1. The van der Waals surface area contributed by atoms with Crippen LogP contribution in [0.15, 0.2) is 55.2 Å². The van der Waals surface area contributed by atoms with Gasteiger partial charge in [-0.1, -0.05) is 12.1 Å². The summed E-state index contributed by atoms with van der Waals surface area (Å²) < 4.78 is 3.94. The Morgan fingerprint density at radius 2 is 2.00 bits per heavy atom. The number of aryl methyl sites for hydroxylation is 1. The van der Waals surface area contributed by atoms with Crippen molar-refractivity contribution in [1.29, 1.82) is 0 Å². The lowest BCUT2D eigenvalue weighted by molar-refractivity contribution is 0.102. The number of rotatable bonds is 6. The van der Waals surface area contributed by atoms with E-state index < -0.39 is 0 Å². The first-order valence-corrected chi connectivity index (χ1v) is 10.8. The average Bonchev–Trinajstić information content (AvgIpc) is 3.31. The number of pyridine rings is 1. The minimum atomic E-state index is -0.219. The molecule has 3 aromatic heterocycles. The molecule has 32 heavy (non-hydrogen) atoms. The summed E-state index contributed by atoms with van der Waals surface area (Å²) >= 11 is 0. The van der Waals surface area contributed by atoms with E-state index in [1.807, 2.05) is 52.7 Å². The first-order valence-electron chi connectivity index (χ1n) is 10.8. The van der Waals surface area contributed by atoms with Gasteiger partial charge in [0.15, 0.2) is 5.82 Å². The molecule has 3 heterocycles. The maximum atomic E-state index is 13.0. The van der Waals surface area contributed by atoms with Crippen molar-refractivity contribution >= 4 is 11.7 Å². The minimum absolute atomic E-state index is 0.203. The number of amides is 1. The summed E-state index contributed by atoms with van der Waals surface area (Å²) in [6, 6.07) is 11.4. The lowest BCUT2D eigenvalue weighted by atomic mass is 10.1. The van der Waals surface area contributed by atoms with Crippen LogP contribution in [-0.4, -0.2) is 35.2 Å². The van der Waals surface area contributed by atoms with Crippen LogP contribution < -0.4 is 5.32 Å². The molecule has 1 aromatic carbocycles. The number of hydrogen-bond acceptors (Lipinski definition) is 5. The van der Waals surface area contributed by atoms with E-state index in [1.54, 1.807) is 12.4 Å². The van der Waals surface area contributed by atoms with Crippen LogP contribution in [-0.2, 0) is 0 Å². The second-order valence-corrected chi connectivity index (χ2v) is 8.50. The molecule has 8 nitrogen and oxygen atoms in total. The van der Waals surface area contributed by atoms with E-state index in [2.05, 4.69) is 45.5 Å². The van der Waals surface area contributed by atoms with Crippen LogP contribution in [0.5, 0.6) is 0 Å². The SMILES string of the molecule is Cc1ccc(C(=O)Nc2cccc(-c3nncn3C(C)C)n2)cc1-n1cnc(C2CC2)c1. The molecule has 0 aliphatic heterocycles. The van der Waals surface area contributed by atoms with Crippen LogP contribution in [0.4, 0.5) is 5.82 Å². The molecule has 0 saturated heterocycles. The molecule has 0 atom stereocenters. The van der Waals surface area contributed by atoms with Gasteiger partial charge < -0.3 is 14.5 Å². The van der Waals surface area contributed by atoms with Crippen molar-refractivity contribution in [2.45, 2.75) is 45.6 Å². The Morgan fingerprint density at radius 3 is 2.78 bits per heavy atom. The molecule has 1 aliphatic rings. The summed E-state index contributed by atoms with van der Waals surface area (Å²) in [5.41, 5.74) is 4.36. The Hall–Kier alpha value is -3.81. The quantitative estimate of drug-likeness (QED) is 0.488. The lowest BCUT2D eigenvalue weighted by Gasteiger charge is -2.12. The zero-order valence-corrected chi connectivity index (χ0v) is 18.4. The highest BCUT2D eigenvalue weighted by Gasteiger charge is 2.26. The van der Waals surface area contributed by atoms with Crippen LogP contribution >= 0.6 is 0 Å². The van der Waals surface area contributed by atoms with E-state index in [0.717, 1.165) is 16.9 Å². The van der Waals surface area contributed by atoms with E-state index >= 15 is 0 Å². The van der Waals surface area contributed by atoms with E-state index in [-0.39, 0.29) is 11.9 Å². The molecule has 4 aromatic rings. The molecule has 1 saturated carbocycles. The van der Waals surface area contributed by atoms with Crippen molar-refractivity contribution in [2.24, 2.45) is 0 Å². The van der Waals surface area contributed by atoms with Gasteiger partial charge in [-0.15, -0.1) is 10.2 Å². The number of anilines is 1. The van der Waals surface area contributed by atoms with Gasteiger partial charge in [-0.2, -0.15) is 0 Å². The van der Waals surface area contributed by atoms with Crippen molar-refractivity contribution in [3.63, 3.8) is 0 Å². The third-order valence-corrected chi connectivity index (χ3v) is 5.70. The maximum Gasteiger partial charge on any atom is 0.256 e. The van der Waals surface area contributed by atoms with Crippen molar-refractivity contribution in [1.82, 2.24) is 29.3 Å². The first-order chi connectivity index (χ1) is 15.5. The topological polar surface area (TPSA) is 90.5 Å². The van der Waals surface area contributed by atoms with Gasteiger partial charge in [0.1, 0.15) is 17.8 Å². The van der Waals surface area contributed by atoms with Gasteiger partial charge in [-0.3, -0.25) is 4.79 Å². The van der Waals surface area contributed by atoms with Gasteiger partial charge in [0, 0.05) is 23.7 Å². The molecule has 162 valence electrons. The van der Waals surface area contributed by atoms with Crippen molar-refractivity contribution in [3.05, 3.63) is 72.1 Å². The number of imidazole rings is 1. The standard InChI is InChI=1S/C24H25N7O/c1-15(2)31-14-26-29-23(31)19-5-4-6-22(27-19)28-24(32)18-8-7-16(3)21(11-18)30-12-20(25-13-30)17-9-10-17/h4-8,11-15,17H,9-10H2,1-3H3,(H,27,28,32). The molecule has 1 fully saturated rings. The second-order valence-electron chi connectivity index (χ2n) is 8.50. The van der Waals surface area contributed by atoms with Crippen molar-refractivity contribution in [3.8, 4) is 17.2 Å². The molecular weight excluding hydrogens is 402 g/mol. The summed E-state index contributed by atoms with van der Waals surface area (Å²) in [6.07, 6.45) is 7.99. The largest absolute Gasteiger partial charge is 0.310 e. The van der Waals surface area contributed by atoms with Gasteiger partial charge in [-0.05, 0) is 63.4 Å². The Balaban J connectivity index is 1.39. The third-order valence-electron chi connectivity index (χ3n) is 5.70. The molecule has 0 spiro atoms. The fourth-order valence-electron chi connectivity index (χ4n) is 3.71. The summed E-state index contributed by atoms with van der Waals surface area (Å²) in [5.74, 6) is 1.50. The molecule has 0 unspecified atom stereocenters. The molecule has 5 rings (SSSR count). The Bertz CT molecular complexity index is 1280. The highest BCUT2D eigenvalue weighted by molar-refractivity contribution is 6.04. The minimum Gasteiger partial charge on any atom is -0.310 e. The number of hydrogen-bond donors (Lipinski definition) is 1. The maximum absolute atomic E-state index is 13.0. The van der Waals surface area contributed by atoms with E-state index in [0.29, 0.717) is 28.8 Å². The molecule has 8 heteroatoms. The zero-order chi connectivity index (χ0) is 22.2. The molecular formula is C24H25N7O. The summed E-state index contributed by atoms with van der Waals surface area (Å²) in [5, 5.41) is 11.1. The fraction of sp³-hybridized carbons (Fsp3) is 0.292. The van der Waals surface area contributed by atoms with Gasteiger partial charge >= 0.3 is 0 Å². The Labute approximate surface area is 186 Å². The predicted molar refractivity (Wildman–Crippen MR) is 122 cm³/mol. The van der Waals surface area contributed by atoms with Gasteiger partial charge in [0.05, 0.1) is 17.7 Å². The van der Waals surface area contributed by atoms with Crippen molar-refractivity contribution < 1.29 is 4.79 Å². The van der Waals surface area contributed by atoms with E-state index in [1.165, 1.54) is 12.8 Å². The van der Waals surface area contributed by atoms with Crippen LogP contribution in [0.2, 0.25) is 0 Å². The summed E-state index contributed by atoms with van der Waals surface area (Å²) in [7, 11) is 0. The fourth-order valence-corrected chi connectivity index (χ4v) is 3.71. The zero-order valence-electron chi connectivity index (χ0n) is 18.4. The van der Waals surface area contributed by atoms with Crippen molar-refractivity contribution in [2.75, 3.05) is 5.32 Å². The van der Waals surface area contributed by atoms with Crippen LogP contribution in [0.3, 0.4) is 0 Å². The molecule has 1 amide bonds. The second kappa shape index (κ2) is 8.03. The Morgan fingerprint density at radius 1 is 1.16 bits per heavy atom. The van der Waals surface area contributed by atoms with E-state index in [4.69, 9.17) is 0 Å². The highest BCUT2D eigenvalue weighted by Crippen LogP contribution is 2.39. The monoisotopic (exact) mass is 427 g/mol. The lowest BCUT2D eigenvalue weighted by Crippen LogP contribution is -2.14. The first kappa shape index (κ1) is 20.1. The molecule has 0 bridgehead atoms.